The summed E-state index contributed by atoms with van der Waals surface area (Å²) in [6.45, 7) is 0. The highest BCUT2D eigenvalue weighted by atomic mass is 35.5. The molecule has 1 aliphatic carbocycles. The number of rotatable bonds is 0. The van der Waals surface area contributed by atoms with Crippen LogP contribution in [0.4, 0.5) is 8.78 Å². The van der Waals surface area contributed by atoms with E-state index in [0.29, 0.717) is 0 Å². The summed E-state index contributed by atoms with van der Waals surface area (Å²) in [5, 5.41) is 0. The van der Waals surface area contributed by atoms with Gasteiger partial charge in [-0.1, -0.05) is 23.2 Å². The van der Waals surface area contributed by atoms with Crippen molar-refractivity contribution in [3.05, 3.63) is 19.8 Å². The van der Waals surface area contributed by atoms with Gasteiger partial charge in [0.05, 0.1) is 9.90 Å². The summed E-state index contributed by atoms with van der Waals surface area (Å²) >= 11 is 12.2. The topological polar surface area (TPSA) is 17.1 Å². The summed E-state index contributed by atoms with van der Waals surface area (Å²) in [6, 6.07) is 0. The van der Waals surface area contributed by atoms with Crippen LogP contribution in [0.1, 0.15) is 15.9 Å². The van der Waals surface area contributed by atoms with Crippen LogP contribution in [-0.2, 0) is 6.42 Å². The number of hydrogen-bond acceptors (Lipinski definition) is 2. The summed E-state index contributed by atoms with van der Waals surface area (Å²) in [7, 11) is 0. The number of thiophene rings is 1. The molecule has 0 N–H and O–H groups in total. The predicted octanol–water partition coefficient (Wildman–Crippen LogP) is 3.43. The Balaban J connectivity index is 2.64. The minimum absolute atomic E-state index is 0.0576. The van der Waals surface area contributed by atoms with Gasteiger partial charge in [0.2, 0.25) is 5.78 Å². The van der Waals surface area contributed by atoms with Crippen LogP contribution in [-0.4, -0.2) is 11.7 Å². The zero-order chi connectivity index (χ0) is 9.80. The maximum absolute atomic E-state index is 12.9. The Hall–Kier alpha value is -0.190. The van der Waals surface area contributed by atoms with E-state index in [2.05, 4.69) is 0 Å². The van der Waals surface area contributed by atoms with Gasteiger partial charge in [-0.25, -0.2) is 0 Å². The van der Waals surface area contributed by atoms with Crippen LogP contribution in [0.15, 0.2) is 0 Å². The average Bonchev–Trinajstić information content (AvgIpc) is 2.37. The Kier molecular flexibility index (Phi) is 1.91. The van der Waals surface area contributed by atoms with Crippen LogP contribution < -0.4 is 0 Å². The van der Waals surface area contributed by atoms with Crippen molar-refractivity contribution in [1.29, 1.82) is 0 Å². The summed E-state index contributed by atoms with van der Waals surface area (Å²) in [4.78, 5) is 11.1. The molecule has 0 spiro atoms. The molecule has 1 heterocycles. The van der Waals surface area contributed by atoms with E-state index in [1.807, 2.05) is 0 Å². The molecule has 1 nitrogen and oxygen atoms in total. The van der Waals surface area contributed by atoms with E-state index in [4.69, 9.17) is 23.2 Å². The molecule has 0 fully saturated rings. The van der Waals surface area contributed by atoms with Crippen molar-refractivity contribution in [1.82, 2.24) is 0 Å². The quantitative estimate of drug-likeness (QED) is 0.682. The molecule has 0 amide bonds. The minimum Gasteiger partial charge on any atom is -0.287 e. The highest BCUT2D eigenvalue weighted by molar-refractivity contribution is 7.20. The van der Waals surface area contributed by atoms with Crippen molar-refractivity contribution in [3.8, 4) is 0 Å². The van der Waals surface area contributed by atoms with Crippen molar-refractivity contribution in [3.63, 3.8) is 0 Å². The lowest BCUT2D eigenvalue weighted by Crippen LogP contribution is -2.23. The van der Waals surface area contributed by atoms with Crippen molar-refractivity contribution in [2.45, 2.75) is 12.3 Å². The molecule has 0 saturated heterocycles. The zero-order valence-corrected chi connectivity index (χ0v) is 8.36. The predicted molar refractivity (Wildman–Crippen MR) is 47.3 cm³/mol. The maximum Gasteiger partial charge on any atom is 0.313 e. The van der Waals surface area contributed by atoms with E-state index in [9.17, 15) is 13.6 Å². The van der Waals surface area contributed by atoms with Crippen LogP contribution >= 0.6 is 34.5 Å². The van der Waals surface area contributed by atoms with Gasteiger partial charge in [-0.3, -0.25) is 4.79 Å². The van der Waals surface area contributed by atoms with Gasteiger partial charge in [-0.05, 0) is 0 Å². The average molecular weight is 243 g/mol. The second-order valence-electron chi connectivity index (χ2n) is 2.71. The highest BCUT2D eigenvalue weighted by Crippen LogP contribution is 2.46. The van der Waals surface area contributed by atoms with Crippen LogP contribution in [0.5, 0.6) is 0 Å². The summed E-state index contributed by atoms with van der Waals surface area (Å²) in [6.07, 6.45) is -0.622. The fraction of sp³-hybridized carbons (Fsp3) is 0.286. The van der Waals surface area contributed by atoms with Gasteiger partial charge in [0.15, 0.2) is 0 Å². The van der Waals surface area contributed by atoms with Gasteiger partial charge in [0.1, 0.15) is 4.34 Å². The Morgan fingerprint density at radius 2 is 1.92 bits per heavy atom. The number of alkyl halides is 2. The highest BCUT2D eigenvalue weighted by Gasteiger charge is 2.49. The number of Topliss-reactive ketones (excluding diaryl/α,β-unsaturated/α-hetero) is 1. The molecule has 2 rings (SSSR count). The van der Waals surface area contributed by atoms with Gasteiger partial charge < -0.3 is 0 Å². The molecule has 1 aromatic heterocycles. The molecule has 0 atom stereocenters. The summed E-state index contributed by atoms with van der Waals surface area (Å²) in [5.74, 6) is -4.54. The van der Waals surface area contributed by atoms with E-state index in [1.165, 1.54) is 0 Å². The van der Waals surface area contributed by atoms with Crippen LogP contribution in [0.3, 0.4) is 0 Å². The number of carbonyl (C=O) groups excluding carboxylic acids is 1. The zero-order valence-electron chi connectivity index (χ0n) is 6.04. The lowest BCUT2D eigenvalue weighted by molar-refractivity contribution is 0.0168. The molecular formula is C7H2Cl2F2OS. The Morgan fingerprint density at radius 1 is 1.31 bits per heavy atom. The largest absolute Gasteiger partial charge is 0.313 e. The molecule has 1 aliphatic rings. The third-order valence-corrected chi connectivity index (χ3v) is 3.56. The molecule has 13 heavy (non-hydrogen) atoms. The van der Waals surface area contributed by atoms with Crippen molar-refractivity contribution in [2.75, 3.05) is 0 Å². The normalized spacial score (nSPS) is 19.2. The third-order valence-electron chi connectivity index (χ3n) is 1.87. The number of halogens is 4. The van der Waals surface area contributed by atoms with Crippen LogP contribution in [0, 0.1) is 0 Å². The lowest BCUT2D eigenvalue weighted by Gasteiger charge is -2.04. The third kappa shape index (κ3) is 1.20. The minimum atomic E-state index is -3.33. The fourth-order valence-electron chi connectivity index (χ4n) is 1.28. The van der Waals surface area contributed by atoms with E-state index in [1.54, 1.807) is 0 Å². The van der Waals surface area contributed by atoms with E-state index in [-0.39, 0.29) is 19.8 Å². The lowest BCUT2D eigenvalue weighted by atomic mass is 10.2. The number of carbonyl (C=O) groups is 1. The first kappa shape index (κ1) is 9.37. The molecule has 70 valence electrons. The maximum atomic E-state index is 12.9. The second kappa shape index (κ2) is 2.65. The molecule has 1 aromatic rings. The molecule has 6 heteroatoms. The fourth-order valence-corrected chi connectivity index (χ4v) is 2.99. The number of ketones is 1. The Bertz CT molecular complexity index is 399. The monoisotopic (exact) mass is 242 g/mol. The molecule has 0 bridgehead atoms. The molecule has 0 unspecified atom stereocenters. The summed E-state index contributed by atoms with van der Waals surface area (Å²) < 4.78 is 26.0. The SMILES string of the molecule is O=C1c2c(Cl)sc(Cl)c2CC1(F)F. The van der Waals surface area contributed by atoms with E-state index >= 15 is 0 Å². The first-order valence-electron chi connectivity index (χ1n) is 3.33. The second-order valence-corrected chi connectivity index (χ2v) is 4.94. The van der Waals surface area contributed by atoms with E-state index in [0.717, 1.165) is 11.3 Å². The molecule has 0 aromatic carbocycles. The Morgan fingerprint density at radius 3 is 2.46 bits per heavy atom. The molecule has 0 saturated carbocycles. The van der Waals surface area contributed by atoms with Crippen LogP contribution in [0.25, 0.3) is 0 Å². The smallest absolute Gasteiger partial charge is 0.287 e. The van der Waals surface area contributed by atoms with Gasteiger partial charge in [0.25, 0.3) is 0 Å². The van der Waals surface area contributed by atoms with Crippen LogP contribution in [0.2, 0.25) is 8.67 Å². The van der Waals surface area contributed by atoms with Crippen molar-refractivity contribution >= 4 is 40.3 Å². The van der Waals surface area contributed by atoms with Crippen molar-refractivity contribution in [2.24, 2.45) is 0 Å². The Labute approximate surface area is 86.3 Å². The first-order chi connectivity index (χ1) is 5.93. The number of fused-ring (bicyclic) bond motifs is 1. The molecule has 0 radical (unpaired) electrons. The van der Waals surface area contributed by atoms with Crippen molar-refractivity contribution < 1.29 is 13.6 Å². The number of hydrogen-bond donors (Lipinski definition) is 0. The van der Waals surface area contributed by atoms with E-state index < -0.39 is 18.1 Å². The van der Waals surface area contributed by atoms with Gasteiger partial charge in [-0.2, -0.15) is 8.78 Å². The standard InChI is InChI=1S/C7H2Cl2F2OS/c8-5-2-1-7(10,11)4(12)3(2)6(9)13-5/h1H2. The molecular weight excluding hydrogens is 241 g/mol. The molecule has 0 aliphatic heterocycles. The van der Waals surface area contributed by atoms with Gasteiger partial charge in [-0.15, -0.1) is 11.3 Å². The summed E-state index contributed by atoms with van der Waals surface area (Å²) in [5.41, 5.74) is 0.0910. The first-order valence-corrected chi connectivity index (χ1v) is 4.90. The van der Waals surface area contributed by atoms with Gasteiger partial charge in [0, 0.05) is 12.0 Å². The van der Waals surface area contributed by atoms with Gasteiger partial charge >= 0.3 is 5.92 Å².